The van der Waals surface area contributed by atoms with Gasteiger partial charge in [-0.3, -0.25) is 0 Å². The minimum atomic E-state index is -1.76. The van der Waals surface area contributed by atoms with E-state index in [4.69, 9.17) is 5.11 Å². The number of benzene rings is 3. The second kappa shape index (κ2) is 7.97. The predicted molar refractivity (Wildman–Crippen MR) is 85.2 cm³/mol. The molecule has 0 aliphatic carbocycles. The van der Waals surface area contributed by atoms with E-state index < -0.39 is 29.0 Å². The highest BCUT2D eigenvalue weighted by Gasteiger charge is 2.17. The van der Waals surface area contributed by atoms with Crippen molar-refractivity contribution in [3.63, 3.8) is 0 Å². The molecule has 0 aliphatic heterocycles. The highest BCUT2D eigenvalue weighted by atomic mass is 19.1. The number of aromatic carboxylic acids is 1. The van der Waals surface area contributed by atoms with Gasteiger partial charge in [-0.05, 0) is 11.1 Å². The second-order valence-corrected chi connectivity index (χ2v) is 4.78. The molecule has 3 rings (SSSR count). The molecule has 122 valence electrons. The normalized spacial score (nSPS) is 9.79. The quantitative estimate of drug-likeness (QED) is 0.705. The fourth-order valence-corrected chi connectivity index (χ4v) is 2.01. The first-order valence-electron chi connectivity index (χ1n) is 6.97. The molecule has 0 saturated heterocycles. The molecule has 0 atom stereocenters. The first-order chi connectivity index (χ1) is 11.5. The Morgan fingerprint density at radius 2 is 1.08 bits per heavy atom. The molecule has 0 amide bonds. The second-order valence-electron chi connectivity index (χ2n) is 4.78. The lowest BCUT2D eigenvalue weighted by atomic mass is 10.1. The number of hydrogen-bond acceptors (Lipinski definition) is 1. The first kappa shape index (κ1) is 17.3. The zero-order chi connectivity index (χ0) is 17.5. The minimum absolute atomic E-state index is 0.312. The lowest BCUT2D eigenvalue weighted by molar-refractivity contribution is 0.0686. The molecule has 0 spiro atoms. The van der Waals surface area contributed by atoms with Crippen molar-refractivity contribution in [1.29, 1.82) is 0 Å². The Balaban J connectivity index is 0.000000174. The van der Waals surface area contributed by atoms with Crippen LogP contribution in [0.3, 0.4) is 0 Å². The number of carboxylic acid groups (broad SMARTS) is 1. The Labute approximate surface area is 136 Å². The third kappa shape index (κ3) is 4.46. The zero-order valence-electron chi connectivity index (χ0n) is 12.4. The van der Waals surface area contributed by atoms with E-state index in [-0.39, 0.29) is 0 Å². The van der Waals surface area contributed by atoms with E-state index in [9.17, 15) is 18.0 Å². The van der Waals surface area contributed by atoms with Gasteiger partial charge in [0.05, 0.1) is 0 Å². The summed E-state index contributed by atoms with van der Waals surface area (Å²) < 4.78 is 37.2. The fourth-order valence-electron chi connectivity index (χ4n) is 2.01. The van der Waals surface area contributed by atoms with E-state index in [1.54, 1.807) is 0 Å². The van der Waals surface area contributed by atoms with Crippen molar-refractivity contribution >= 4 is 5.97 Å². The monoisotopic (exact) mass is 330 g/mol. The van der Waals surface area contributed by atoms with E-state index >= 15 is 0 Å². The summed E-state index contributed by atoms with van der Waals surface area (Å²) in [5.74, 6) is -5.74. The third-order valence-electron chi connectivity index (χ3n) is 3.10. The molecule has 3 aromatic rings. The Morgan fingerprint density at radius 1 is 0.708 bits per heavy atom. The summed E-state index contributed by atoms with van der Waals surface area (Å²) in [6.07, 6.45) is 0. The van der Waals surface area contributed by atoms with Crippen LogP contribution in [0.1, 0.15) is 10.4 Å². The van der Waals surface area contributed by atoms with Crippen molar-refractivity contribution < 1.29 is 23.1 Å². The number of carbonyl (C=O) groups is 1. The summed E-state index contributed by atoms with van der Waals surface area (Å²) in [5, 5.41) is 8.23. The van der Waals surface area contributed by atoms with Gasteiger partial charge in [0.25, 0.3) is 0 Å². The molecule has 0 aromatic heterocycles. The average molecular weight is 330 g/mol. The highest BCUT2D eigenvalue weighted by molar-refractivity contribution is 5.88. The molecule has 1 N–H and O–H groups in total. The van der Waals surface area contributed by atoms with E-state index in [1.807, 2.05) is 12.1 Å². The average Bonchev–Trinajstić information content (AvgIpc) is 2.56. The van der Waals surface area contributed by atoms with Gasteiger partial charge in [-0.2, -0.15) is 0 Å². The molecule has 0 radical (unpaired) electrons. The van der Waals surface area contributed by atoms with Gasteiger partial charge in [-0.25, -0.2) is 18.0 Å². The lowest BCUT2D eigenvalue weighted by Crippen LogP contribution is -2.04. The molecule has 2 nitrogen and oxygen atoms in total. The van der Waals surface area contributed by atoms with Crippen LogP contribution >= 0.6 is 0 Å². The number of rotatable bonds is 2. The van der Waals surface area contributed by atoms with Gasteiger partial charge < -0.3 is 5.11 Å². The molecule has 0 aliphatic rings. The standard InChI is InChI=1S/C12H10.C7H3F3O2/c1-3-7-11(8-4-1)12-9-5-2-6-10-12;8-3-1-4(9)6(7(11)12)5(10)2-3/h1-10H;1-2H,(H,11,12). The molecular formula is C19H13F3O2. The van der Waals surface area contributed by atoms with Crippen molar-refractivity contribution in [2.75, 3.05) is 0 Å². The number of halogens is 3. The van der Waals surface area contributed by atoms with E-state index in [0.717, 1.165) is 0 Å². The van der Waals surface area contributed by atoms with Gasteiger partial charge in [0.2, 0.25) is 0 Å². The van der Waals surface area contributed by atoms with Gasteiger partial charge in [0.15, 0.2) is 0 Å². The van der Waals surface area contributed by atoms with E-state index in [1.165, 1.54) is 11.1 Å². The van der Waals surface area contributed by atoms with Gasteiger partial charge in [0, 0.05) is 12.1 Å². The summed E-state index contributed by atoms with van der Waals surface area (Å²) in [6.45, 7) is 0. The summed E-state index contributed by atoms with van der Waals surface area (Å²) >= 11 is 0. The van der Waals surface area contributed by atoms with Crippen LogP contribution in [0, 0.1) is 17.5 Å². The Bertz CT molecular complexity index is 758. The summed E-state index contributed by atoms with van der Waals surface area (Å²) in [5.41, 5.74) is 1.41. The maximum atomic E-state index is 12.5. The summed E-state index contributed by atoms with van der Waals surface area (Å²) in [7, 11) is 0. The molecule has 0 unspecified atom stereocenters. The molecule has 0 bridgehead atoms. The number of hydrogen-bond donors (Lipinski definition) is 1. The molecule has 0 fully saturated rings. The van der Waals surface area contributed by atoms with Crippen molar-refractivity contribution in [2.45, 2.75) is 0 Å². The summed E-state index contributed by atoms with van der Waals surface area (Å²) in [4.78, 5) is 10.2. The van der Waals surface area contributed by atoms with Crippen molar-refractivity contribution in [1.82, 2.24) is 0 Å². The highest BCUT2D eigenvalue weighted by Crippen LogP contribution is 2.17. The van der Waals surface area contributed by atoms with Crippen LogP contribution in [0.5, 0.6) is 0 Å². The zero-order valence-corrected chi connectivity index (χ0v) is 12.4. The maximum Gasteiger partial charge on any atom is 0.341 e. The van der Waals surface area contributed by atoms with Crippen LogP contribution in [-0.4, -0.2) is 11.1 Å². The van der Waals surface area contributed by atoms with Gasteiger partial charge in [-0.1, -0.05) is 60.7 Å². The van der Waals surface area contributed by atoms with Crippen molar-refractivity contribution in [3.05, 3.63) is 95.8 Å². The Hall–Kier alpha value is -3.08. The molecule has 0 saturated carbocycles. The first-order valence-corrected chi connectivity index (χ1v) is 6.97. The van der Waals surface area contributed by atoms with Crippen LogP contribution in [0.4, 0.5) is 13.2 Å². The maximum absolute atomic E-state index is 12.5. The molecule has 3 aromatic carbocycles. The lowest BCUT2D eigenvalue weighted by Gasteiger charge is -1.98. The minimum Gasteiger partial charge on any atom is -0.477 e. The van der Waals surface area contributed by atoms with Crippen LogP contribution in [0.15, 0.2) is 72.8 Å². The van der Waals surface area contributed by atoms with Crippen molar-refractivity contribution in [2.24, 2.45) is 0 Å². The SMILES string of the molecule is O=C(O)c1c(F)cc(F)cc1F.c1ccc(-c2ccccc2)cc1. The van der Waals surface area contributed by atoms with Crippen LogP contribution < -0.4 is 0 Å². The topological polar surface area (TPSA) is 37.3 Å². The van der Waals surface area contributed by atoms with Crippen LogP contribution in [0.25, 0.3) is 11.1 Å². The summed E-state index contributed by atoms with van der Waals surface area (Å²) in [6, 6.07) is 21.4. The molecule has 5 heteroatoms. The third-order valence-corrected chi connectivity index (χ3v) is 3.10. The van der Waals surface area contributed by atoms with Crippen molar-refractivity contribution in [3.8, 4) is 11.1 Å². The fraction of sp³-hybridized carbons (Fsp3) is 0. The Morgan fingerprint density at radius 3 is 1.42 bits per heavy atom. The predicted octanol–water partition coefficient (Wildman–Crippen LogP) is 5.16. The largest absolute Gasteiger partial charge is 0.477 e. The number of carboxylic acids is 1. The van der Waals surface area contributed by atoms with Gasteiger partial charge in [-0.15, -0.1) is 0 Å². The molecular weight excluding hydrogens is 317 g/mol. The van der Waals surface area contributed by atoms with Gasteiger partial charge >= 0.3 is 5.97 Å². The van der Waals surface area contributed by atoms with Gasteiger partial charge in [0.1, 0.15) is 23.0 Å². The molecule has 0 heterocycles. The van der Waals surface area contributed by atoms with Crippen LogP contribution in [-0.2, 0) is 0 Å². The Kier molecular flexibility index (Phi) is 5.73. The van der Waals surface area contributed by atoms with E-state index in [0.29, 0.717) is 12.1 Å². The smallest absolute Gasteiger partial charge is 0.341 e. The van der Waals surface area contributed by atoms with E-state index in [2.05, 4.69) is 48.5 Å². The molecule has 24 heavy (non-hydrogen) atoms. The van der Waals surface area contributed by atoms with Crippen LogP contribution in [0.2, 0.25) is 0 Å².